The molecule has 0 radical (unpaired) electrons. The maximum atomic E-state index is 12.4. The van der Waals surface area contributed by atoms with Crippen molar-refractivity contribution in [2.24, 2.45) is 0 Å². The third-order valence-corrected chi connectivity index (χ3v) is 4.61. The van der Waals surface area contributed by atoms with Gasteiger partial charge in [0.25, 0.3) is 5.91 Å². The lowest BCUT2D eigenvalue weighted by Crippen LogP contribution is -2.27. The van der Waals surface area contributed by atoms with Gasteiger partial charge in [-0.1, -0.05) is 27.7 Å². The van der Waals surface area contributed by atoms with E-state index in [1.807, 2.05) is 12.1 Å². The average molecular weight is 303 g/mol. The highest BCUT2D eigenvalue weighted by molar-refractivity contribution is 7.13. The van der Waals surface area contributed by atoms with E-state index in [0.29, 0.717) is 4.88 Å². The van der Waals surface area contributed by atoms with Crippen molar-refractivity contribution >= 4 is 17.2 Å². The van der Waals surface area contributed by atoms with Crippen LogP contribution in [0, 0.1) is 0 Å². The predicted octanol–water partition coefficient (Wildman–Crippen LogP) is 3.72. The molecule has 0 fully saturated rings. The summed E-state index contributed by atoms with van der Waals surface area (Å²) in [6, 6.07) is 3.87. The summed E-state index contributed by atoms with van der Waals surface area (Å²) < 4.78 is 0. The highest BCUT2D eigenvalue weighted by Crippen LogP contribution is 2.27. The molecule has 4 nitrogen and oxygen atoms in total. The van der Waals surface area contributed by atoms with Crippen LogP contribution in [0.15, 0.2) is 30.7 Å². The molecule has 1 atom stereocenters. The van der Waals surface area contributed by atoms with Crippen molar-refractivity contribution in [2.75, 3.05) is 0 Å². The summed E-state index contributed by atoms with van der Waals surface area (Å²) >= 11 is 1.46. The number of nitrogens with zero attached hydrogens (tertiary/aromatic N) is 2. The Morgan fingerprint density at radius 3 is 2.52 bits per heavy atom. The van der Waals surface area contributed by atoms with Crippen molar-refractivity contribution < 1.29 is 4.79 Å². The highest BCUT2D eigenvalue weighted by atomic mass is 32.1. The molecule has 0 aromatic carbocycles. The maximum absolute atomic E-state index is 12.4. The Hall–Kier alpha value is -1.75. The van der Waals surface area contributed by atoms with Gasteiger partial charge in [-0.15, -0.1) is 11.3 Å². The normalized spacial score (nSPS) is 13.0. The number of nitrogens with one attached hydrogen (secondary N) is 1. The fourth-order valence-corrected chi connectivity index (χ4v) is 2.85. The van der Waals surface area contributed by atoms with Gasteiger partial charge < -0.3 is 5.32 Å². The molecule has 0 aliphatic heterocycles. The Labute approximate surface area is 129 Å². The van der Waals surface area contributed by atoms with Gasteiger partial charge in [0.1, 0.15) is 4.88 Å². The fourth-order valence-electron chi connectivity index (χ4n) is 1.97. The zero-order chi connectivity index (χ0) is 15.5. The molecule has 0 aliphatic rings. The SMILES string of the molecule is CCC(NC(=O)c1cnc(C(C)(C)C)s1)c1ccncc1. The van der Waals surface area contributed by atoms with Gasteiger partial charge in [0, 0.05) is 17.8 Å². The predicted molar refractivity (Wildman–Crippen MR) is 85.5 cm³/mol. The van der Waals surface area contributed by atoms with Crippen molar-refractivity contribution in [1.29, 1.82) is 0 Å². The lowest BCUT2D eigenvalue weighted by Gasteiger charge is -2.16. The zero-order valence-electron chi connectivity index (χ0n) is 12.9. The minimum atomic E-state index is -0.0633. The third-order valence-electron chi connectivity index (χ3n) is 3.19. The van der Waals surface area contributed by atoms with Gasteiger partial charge in [-0.25, -0.2) is 4.98 Å². The number of carbonyl (C=O) groups is 1. The van der Waals surface area contributed by atoms with Crippen LogP contribution in [0.1, 0.15) is 60.4 Å². The minimum Gasteiger partial charge on any atom is -0.344 e. The maximum Gasteiger partial charge on any atom is 0.263 e. The minimum absolute atomic E-state index is 0.000636. The van der Waals surface area contributed by atoms with Gasteiger partial charge in [0.2, 0.25) is 0 Å². The standard InChI is InChI=1S/C16H21N3OS/c1-5-12(11-6-8-17-9-7-11)19-14(20)13-10-18-15(21-13)16(2,3)4/h6-10,12H,5H2,1-4H3,(H,19,20). The van der Waals surface area contributed by atoms with E-state index in [9.17, 15) is 4.79 Å². The van der Waals surface area contributed by atoms with E-state index < -0.39 is 0 Å². The summed E-state index contributed by atoms with van der Waals surface area (Å²) in [5, 5.41) is 4.04. The first kappa shape index (κ1) is 15.6. The highest BCUT2D eigenvalue weighted by Gasteiger charge is 2.21. The van der Waals surface area contributed by atoms with Crippen LogP contribution in [-0.2, 0) is 5.41 Å². The van der Waals surface area contributed by atoms with Crippen LogP contribution in [-0.4, -0.2) is 15.9 Å². The molecular formula is C16H21N3OS. The number of rotatable bonds is 4. The molecule has 0 bridgehead atoms. The molecule has 0 aliphatic carbocycles. The Morgan fingerprint density at radius 2 is 2.00 bits per heavy atom. The van der Waals surface area contributed by atoms with Crippen molar-refractivity contribution in [3.05, 3.63) is 46.2 Å². The Morgan fingerprint density at radius 1 is 1.33 bits per heavy atom. The van der Waals surface area contributed by atoms with Crippen LogP contribution in [0.3, 0.4) is 0 Å². The van der Waals surface area contributed by atoms with Crippen molar-refractivity contribution in [2.45, 2.75) is 45.6 Å². The number of amides is 1. The Kier molecular flexibility index (Phi) is 4.73. The van der Waals surface area contributed by atoms with Gasteiger partial charge in [0.15, 0.2) is 0 Å². The second-order valence-electron chi connectivity index (χ2n) is 5.99. The zero-order valence-corrected chi connectivity index (χ0v) is 13.7. The first-order valence-electron chi connectivity index (χ1n) is 7.09. The second-order valence-corrected chi connectivity index (χ2v) is 7.03. The molecule has 2 aromatic rings. The molecular weight excluding hydrogens is 282 g/mol. The molecule has 2 heterocycles. The number of aromatic nitrogens is 2. The number of pyridine rings is 1. The van der Waals surface area contributed by atoms with E-state index in [1.165, 1.54) is 11.3 Å². The molecule has 0 spiro atoms. The van der Waals surface area contributed by atoms with Gasteiger partial charge in [-0.05, 0) is 24.1 Å². The number of hydrogen-bond acceptors (Lipinski definition) is 4. The van der Waals surface area contributed by atoms with Crippen molar-refractivity contribution in [3.8, 4) is 0 Å². The van der Waals surface area contributed by atoms with Gasteiger partial charge in [-0.3, -0.25) is 9.78 Å². The number of thiazole rings is 1. The molecule has 2 rings (SSSR count). The first-order valence-corrected chi connectivity index (χ1v) is 7.90. The van der Waals surface area contributed by atoms with Gasteiger partial charge in [0.05, 0.1) is 17.2 Å². The lowest BCUT2D eigenvalue weighted by molar-refractivity contribution is 0.0939. The molecule has 1 amide bonds. The van der Waals surface area contributed by atoms with Crippen LogP contribution in [0.2, 0.25) is 0 Å². The number of carbonyl (C=O) groups excluding carboxylic acids is 1. The largest absolute Gasteiger partial charge is 0.344 e. The topological polar surface area (TPSA) is 54.9 Å². The van der Waals surface area contributed by atoms with Crippen LogP contribution in [0.4, 0.5) is 0 Å². The second kappa shape index (κ2) is 6.35. The van der Waals surface area contributed by atoms with Gasteiger partial charge in [-0.2, -0.15) is 0 Å². The summed E-state index contributed by atoms with van der Waals surface area (Å²) in [6.07, 6.45) is 5.99. The van der Waals surface area contributed by atoms with Gasteiger partial charge >= 0.3 is 0 Å². The molecule has 0 saturated carbocycles. The van der Waals surface area contributed by atoms with E-state index in [2.05, 4.69) is 43.0 Å². The van der Waals surface area contributed by atoms with Crippen LogP contribution >= 0.6 is 11.3 Å². The summed E-state index contributed by atoms with van der Waals surface area (Å²) in [5.74, 6) is -0.0633. The molecule has 2 aromatic heterocycles. The van der Waals surface area contributed by atoms with Crippen LogP contribution in [0.5, 0.6) is 0 Å². The third kappa shape index (κ3) is 3.88. The van der Waals surface area contributed by atoms with E-state index in [0.717, 1.165) is 17.0 Å². The smallest absolute Gasteiger partial charge is 0.263 e. The first-order chi connectivity index (χ1) is 9.91. The van der Waals surface area contributed by atoms with Crippen LogP contribution < -0.4 is 5.32 Å². The Balaban J connectivity index is 2.12. The molecule has 5 heteroatoms. The van der Waals surface area contributed by atoms with E-state index in [-0.39, 0.29) is 17.4 Å². The lowest BCUT2D eigenvalue weighted by atomic mass is 9.98. The van der Waals surface area contributed by atoms with Crippen molar-refractivity contribution in [1.82, 2.24) is 15.3 Å². The Bertz CT molecular complexity index is 601. The number of hydrogen-bond donors (Lipinski definition) is 1. The summed E-state index contributed by atoms with van der Waals surface area (Å²) in [5.41, 5.74) is 1.04. The molecule has 0 saturated heterocycles. The molecule has 1 unspecified atom stereocenters. The molecule has 1 N–H and O–H groups in total. The molecule has 112 valence electrons. The van der Waals surface area contributed by atoms with Crippen LogP contribution in [0.25, 0.3) is 0 Å². The van der Waals surface area contributed by atoms with E-state index >= 15 is 0 Å². The summed E-state index contributed by atoms with van der Waals surface area (Å²) in [6.45, 7) is 8.34. The molecule has 21 heavy (non-hydrogen) atoms. The fraction of sp³-hybridized carbons (Fsp3) is 0.438. The van der Waals surface area contributed by atoms with Crippen molar-refractivity contribution in [3.63, 3.8) is 0 Å². The summed E-state index contributed by atoms with van der Waals surface area (Å²) in [4.78, 5) is 21.4. The van der Waals surface area contributed by atoms with E-state index in [4.69, 9.17) is 0 Å². The monoisotopic (exact) mass is 303 g/mol. The summed E-state index contributed by atoms with van der Waals surface area (Å²) in [7, 11) is 0. The quantitative estimate of drug-likeness (QED) is 0.936. The average Bonchev–Trinajstić information content (AvgIpc) is 2.95. The van der Waals surface area contributed by atoms with E-state index in [1.54, 1.807) is 18.6 Å².